The summed E-state index contributed by atoms with van der Waals surface area (Å²) in [6.07, 6.45) is 3.52. The third kappa shape index (κ3) is 6.79. The molecule has 1 atom stereocenters. The van der Waals surface area contributed by atoms with Crippen LogP contribution in [0.1, 0.15) is 31.7 Å². The van der Waals surface area contributed by atoms with Crippen molar-refractivity contribution in [2.45, 2.75) is 38.6 Å². The molecule has 0 aliphatic heterocycles. The maximum absolute atomic E-state index is 11.8. The van der Waals surface area contributed by atoms with E-state index in [0.717, 1.165) is 24.8 Å². The van der Waals surface area contributed by atoms with E-state index in [1.54, 1.807) is 0 Å². The van der Waals surface area contributed by atoms with Crippen molar-refractivity contribution < 1.29 is 14.3 Å². The first-order chi connectivity index (χ1) is 10.2. The van der Waals surface area contributed by atoms with Crippen molar-refractivity contribution in [3.05, 3.63) is 35.9 Å². The largest absolute Gasteiger partial charge is 0.467 e. The monoisotopic (exact) mass is 292 g/mol. The highest BCUT2D eigenvalue weighted by molar-refractivity contribution is 5.83. The fourth-order valence-electron chi connectivity index (χ4n) is 1.97. The maximum atomic E-state index is 11.8. The molecule has 0 aliphatic carbocycles. The highest BCUT2D eigenvalue weighted by Crippen LogP contribution is 2.04. The Hall–Kier alpha value is -2.04. The predicted octanol–water partition coefficient (Wildman–Crippen LogP) is 2.26. The first kappa shape index (κ1) is 17.0. The molecule has 0 radical (unpaired) electrons. The quantitative estimate of drug-likeness (QED) is 0.570. The van der Waals surface area contributed by atoms with Crippen molar-refractivity contribution in [3.8, 4) is 0 Å². The zero-order chi connectivity index (χ0) is 15.5. The molecular weight excluding hydrogens is 268 g/mol. The molecule has 0 heterocycles. The first-order valence-corrected chi connectivity index (χ1v) is 7.33. The third-order valence-electron chi connectivity index (χ3n) is 3.14. The summed E-state index contributed by atoms with van der Waals surface area (Å²) in [4.78, 5) is 23.6. The van der Waals surface area contributed by atoms with Crippen LogP contribution in [0.15, 0.2) is 30.3 Å². The van der Waals surface area contributed by atoms with Gasteiger partial charge in [0.05, 0.1) is 7.11 Å². The Morgan fingerprint density at radius 2 is 1.90 bits per heavy atom. The number of hydrogen-bond acceptors (Lipinski definition) is 3. The number of unbranched alkanes of at least 4 members (excludes halogenated alkanes) is 2. The molecule has 5 nitrogen and oxygen atoms in total. The van der Waals surface area contributed by atoms with Crippen LogP contribution in [0.4, 0.5) is 4.79 Å². The van der Waals surface area contributed by atoms with Crippen LogP contribution in [0.2, 0.25) is 0 Å². The third-order valence-corrected chi connectivity index (χ3v) is 3.14. The zero-order valence-corrected chi connectivity index (χ0v) is 12.7. The average Bonchev–Trinajstić information content (AvgIpc) is 2.51. The van der Waals surface area contributed by atoms with E-state index in [1.807, 2.05) is 30.3 Å². The van der Waals surface area contributed by atoms with Crippen LogP contribution in [0.25, 0.3) is 0 Å². The van der Waals surface area contributed by atoms with Crippen molar-refractivity contribution >= 4 is 12.0 Å². The molecule has 1 rings (SSSR count). The minimum absolute atomic E-state index is 0.336. The van der Waals surface area contributed by atoms with Gasteiger partial charge in [-0.3, -0.25) is 0 Å². The summed E-state index contributed by atoms with van der Waals surface area (Å²) in [5, 5.41) is 5.42. The van der Waals surface area contributed by atoms with Gasteiger partial charge >= 0.3 is 12.0 Å². The molecule has 1 aromatic carbocycles. The van der Waals surface area contributed by atoms with E-state index in [9.17, 15) is 9.59 Å². The van der Waals surface area contributed by atoms with Crippen LogP contribution in [0, 0.1) is 0 Å². The Bertz CT molecular complexity index is 434. The number of hydrogen-bond donors (Lipinski definition) is 2. The van der Waals surface area contributed by atoms with Crippen molar-refractivity contribution in [2.24, 2.45) is 0 Å². The van der Waals surface area contributed by atoms with Crippen LogP contribution in [0.3, 0.4) is 0 Å². The predicted molar refractivity (Wildman–Crippen MR) is 82.0 cm³/mol. The molecule has 2 amide bonds. The number of urea groups is 1. The van der Waals surface area contributed by atoms with Crippen LogP contribution in [-0.2, 0) is 16.0 Å². The number of rotatable bonds is 8. The van der Waals surface area contributed by atoms with Crippen LogP contribution in [0.5, 0.6) is 0 Å². The topological polar surface area (TPSA) is 67.4 Å². The lowest BCUT2D eigenvalue weighted by atomic mass is 10.1. The van der Waals surface area contributed by atoms with Crippen LogP contribution in [-0.4, -0.2) is 31.7 Å². The Labute approximate surface area is 126 Å². The minimum Gasteiger partial charge on any atom is -0.467 e. The number of nitrogens with one attached hydrogen (secondary N) is 2. The van der Waals surface area contributed by atoms with Gasteiger partial charge in [0.1, 0.15) is 6.04 Å². The molecule has 0 fully saturated rings. The molecule has 0 saturated heterocycles. The van der Waals surface area contributed by atoms with Gasteiger partial charge in [0, 0.05) is 13.0 Å². The van der Waals surface area contributed by atoms with Crippen molar-refractivity contribution in [3.63, 3.8) is 0 Å². The molecule has 0 bridgehead atoms. The Morgan fingerprint density at radius 3 is 2.52 bits per heavy atom. The van der Waals surface area contributed by atoms with Gasteiger partial charge in [0.25, 0.3) is 0 Å². The number of amides is 2. The summed E-state index contributed by atoms with van der Waals surface area (Å²) in [7, 11) is 1.32. The highest BCUT2D eigenvalue weighted by atomic mass is 16.5. The van der Waals surface area contributed by atoms with Crippen LogP contribution < -0.4 is 10.6 Å². The minimum atomic E-state index is -0.677. The average molecular weight is 292 g/mol. The molecule has 5 heteroatoms. The number of esters is 1. The van der Waals surface area contributed by atoms with Gasteiger partial charge in [-0.05, 0) is 12.0 Å². The number of methoxy groups -OCH3 is 1. The molecule has 21 heavy (non-hydrogen) atoms. The van der Waals surface area contributed by atoms with E-state index in [0.29, 0.717) is 13.0 Å². The number of ether oxygens (including phenoxy) is 1. The summed E-state index contributed by atoms with van der Waals surface area (Å²) in [6.45, 7) is 2.71. The molecule has 0 saturated carbocycles. The molecule has 0 unspecified atom stereocenters. The lowest BCUT2D eigenvalue weighted by molar-refractivity contribution is -0.142. The van der Waals surface area contributed by atoms with Gasteiger partial charge < -0.3 is 15.4 Å². The lowest BCUT2D eigenvalue weighted by Crippen LogP contribution is -2.47. The smallest absolute Gasteiger partial charge is 0.328 e. The molecule has 2 N–H and O–H groups in total. The number of carbonyl (C=O) groups is 2. The Kier molecular flexibility index (Phi) is 7.94. The standard InChI is InChI=1S/C16H24N2O3/c1-3-4-8-11-17-16(20)18-14(15(19)21-2)12-13-9-6-5-7-10-13/h5-7,9-10,14H,3-4,8,11-12H2,1-2H3,(H2,17,18,20)/t14-/m0/s1. The van der Waals surface area contributed by atoms with Crippen molar-refractivity contribution in [1.82, 2.24) is 10.6 Å². The molecule has 0 aliphatic rings. The van der Waals surface area contributed by atoms with E-state index in [-0.39, 0.29) is 6.03 Å². The van der Waals surface area contributed by atoms with E-state index in [1.165, 1.54) is 7.11 Å². The van der Waals surface area contributed by atoms with Gasteiger partial charge in [0.2, 0.25) is 0 Å². The summed E-state index contributed by atoms with van der Waals surface area (Å²) in [5.74, 6) is -0.442. The number of benzene rings is 1. The fraction of sp³-hybridized carbons (Fsp3) is 0.500. The van der Waals surface area contributed by atoms with E-state index < -0.39 is 12.0 Å². The molecule has 1 aromatic rings. The molecule has 116 valence electrons. The Balaban J connectivity index is 2.50. The second-order valence-corrected chi connectivity index (χ2v) is 4.87. The Morgan fingerprint density at radius 1 is 1.19 bits per heavy atom. The highest BCUT2D eigenvalue weighted by Gasteiger charge is 2.21. The zero-order valence-electron chi connectivity index (χ0n) is 12.7. The fourth-order valence-corrected chi connectivity index (χ4v) is 1.97. The molecule has 0 spiro atoms. The van der Waals surface area contributed by atoms with Crippen LogP contribution >= 0.6 is 0 Å². The lowest BCUT2D eigenvalue weighted by Gasteiger charge is -2.17. The van der Waals surface area contributed by atoms with E-state index >= 15 is 0 Å². The van der Waals surface area contributed by atoms with Gasteiger partial charge in [-0.25, -0.2) is 9.59 Å². The first-order valence-electron chi connectivity index (χ1n) is 7.33. The van der Waals surface area contributed by atoms with Gasteiger partial charge in [0.15, 0.2) is 0 Å². The van der Waals surface area contributed by atoms with Gasteiger partial charge in [-0.2, -0.15) is 0 Å². The summed E-state index contributed by atoms with van der Waals surface area (Å²) < 4.78 is 4.75. The second-order valence-electron chi connectivity index (χ2n) is 4.87. The second kappa shape index (κ2) is 9.80. The summed E-state index contributed by atoms with van der Waals surface area (Å²) in [6, 6.07) is 8.52. The normalized spacial score (nSPS) is 11.5. The van der Waals surface area contributed by atoms with Crippen molar-refractivity contribution in [2.75, 3.05) is 13.7 Å². The van der Waals surface area contributed by atoms with E-state index in [4.69, 9.17) is 4.74 Å². The molecule has 0 aromatic heterocycles. The maximum Gasteiger partial charge on any atom is 0.328 e. The van der Waals surface area contributed by atoms with Gasteiger partial charge in [-0.15, -0.1) is 0 Å². The van der Waals surface area contributed by atoms with Gasteiger partial charge in [-0.1, -0.05) is 50.1 Å². The molecular formula is C16H24N2O3. The SMILES string of the molecule is CCCCCNC(=O)N[C@@H](Cc1ccccc1)C(=O)OC. The van der Waals surface area contributed by atoms with E-state index in [2.05, 4.69) is 17.6 Å². The summed E-state index contributed by atoms with van der Waals surface area (Å²) in [5.41, 5.74) is 0.971. The summed E-state index contributed by atoms with van der Waals surface area (Å²) >= 11 is 0. The number of carbonyl (C=O) groups excluding carboxylic acids is 2. The van der Waals surface area contributed by atoms with Crippen molar-refractivity contribution in [1.29, 1.82) is 0 Å².